The summed E-state index contributed by atoms with van der Waals surface area (Å²) in [5, 5.41) is 0. The Bertz CT molecular complexity index is 735. The number of pyridine rings is 1. The van der Waals surface area contributed by atoms with Crippen LogP contribution >= 0.6 is 0 Å². The van der Waals surface area contributed by atoms with Crippen molar-refractivity contribution < 1.29 is 8.42 Å². The highest BCUT2D eigenvalue weighted by Gasteiger charge is 2.20. The van der Waals surface area contributed by atoms with Gasteiger partial charge >= 0.3 is 0 Å². The lowest BCUT2D eigenvalue weighted by molar-refractivity contribution is 0.601. The van der Waals surface area contributed by atoms with Gasteiger partial charge in [-0.15, -0.1) is 0 Å². The van der Waals surface area contributed by atoms with Gasteiger partial charge in [0.05, 0.1) is 17.1 Å². The molecule has 0 aliphatic carbocycles. The zero-order valence-corrected chi connectivity index (χ0v) is 12.5. The summed E-state index contributed by atoms with van der Waals surface area (Å²) in [6, 6.07) is 8.46. The van der Waals surface area contributed by atoms with Gasteiger partial charge in [-0.3, -0.25) is 9.71 Å². The predicted molar refractivity (Wildman–Crippen MR) is 80.1 cm³/mol. The summed E-state index contributed by atoms with van der Waals surface area (Å²) in [5.74, 6) is 0. The maximum Gasteiger partial charge on any atom is 0.264 e. The largest absolute Gasteiger partial charge is 0.398 e. The smallest absolute Gasteiger partial charge is 0.264 e. The van der Waals surface area contributed by atoms with Crippen LogP contribution in [0.2, 0.25) is 0 Å². The molecule has 1 heterocycles. The van der Waals surface area contributed by atoms with Crippen LogP contribution in [-0.2, 0) is 10.0 Å². The van der Waals surface area contributed by atoms with Crippen molar-refractivity contribution in [1.29, 1.82) is 0 Å². The Morgan fingerprint density at radius 3 is 2.40 bits per heavy atom. The summed E-state index contributed by atoms with van der Waals surface area (Å²) in [7, 11) is -3.73. The molecule has 20 heavy (non-hydrogen) atoms. The Morgan fingerprint density at radius 2 is 1.80 bits per heavy atom. The quantitative estimate of drug-likeness (QED) is 0.850. The second kappa shape index (κ2) is 5.13. The van der Waals surface area contributed by atoms with E-state index in [-0.39, 0.29) is 10.6 Å². The van der Waals surface area contributed by atoms with E-state index in [1.54, 1.807) is 44.2 Å². The number of nitrogens with zero attached hydrogens (tertiary/aromatic N) is 1. The van der Waals surface area contributed by atoms with Gasteiger partial charge in [0.2, 0.25) is 0 Å². The van der Waals surface area contributed by atoms with E-state index in [2.05, 4.69) is 9.71 Å². The van der Waals surface area contributed by atoms with E-state index in [0.29, 0.717) is 16.9 Å². The van der Waals surface area contributed by atoms with Crippen LogP contribution in [0.4, 0.5) is 11.4 Å². The minimum absolute atomic E-state index is 0.111. The molecule has 0 radical (unpaired) electrons. The van der Waals surface area contributed by atoms with Gasteiger partial charge in [0, 0.05) is 5.69 Å². The molecule has 0 unspecified atom stereocenters. The molecule has 2 rings (SSSR count). The van der Waals surface area contributed by atoms with Crippen molar-refractivity contribution in [2.45, 2.75) is 25.7 Å². The number of aryl methyl sites for hydroxylation is 3. The van der Waals surface area contributed by atoms with E-state index in [0.717, 1.165) is 5.69 Å². The van der Waals surface area contributed by atoms with Gasteiger partial charge in [-0.1, -0.05) is 12.1 Å². The van der Waals surface area contributed by atoms with Gasteiger partial charge in [0.15, 0.2) is 0 Å². The highest BCUT2D eigenvalue weighted by atomic mass is 32.2. The van der Waals surface area contributed by atoms with E-state index in [9.17, 15) is 8.42 Å². The first-order chi connectivity index (χ1) is 9.31. The molecule has 2 aromatic rings. The van der Waals surface area contributed by atoms with Crippen molar-refractivity contribution in [2.24, 2.45) is 0 Å². The summed E-state index contributed by atoms with van der Waals surface area (Å²) < 4.78 is 27.5. The third kappa shape index (κ3) is 2.75. The second-order valence-electron chi connectivity index (χ2n) is 4.68. The standard InChI is InChI=1S/C14H17N3O2S/c1-9-5-4-6-12(15)14(9)20(18,19)17-13-8-7-10(2)16-11(13)3/h4-8,17H,15H2,1-3H3. The minimum Gasteiger partial charge on any atom is -0.398 e. The number of rotatable bonds is 3. The highest BCUT2D eigenvalue weighted by molar-refractivity contribution is 7.93. The molecule has 0 amide bonds. The molecule has 0 spiro atoms. The van der Waals surface area contributed by atoms with Crippen LogP contribution in [0.5, 0.6) is 0 Å². The monoisotopic (exact) mass is 291 g/mol. The summed E-state index contributed by atoms with van der Waals surface area (Å²) in [6.07, 6.45) is 0. The number of aromatic nitrogens is 1. The molecule has 1 aromatic carbocycles. The average molecular weight is 291 g/mol. The fourth-order valence-electron chi connectivity index (χ4n) is 2.03. The summed E-state index contributed by atoms with van der Waals surface area (Å²) >= 11 is 0. The van der Waals surface area contributed by atoms with Gasteiger partial charge < -0.3 is 5.73 Å². The van der Waals surface area contributed by atoms with Crippen LogP contribution in [0.1, 0.15) is 17.0 Å². The van der Waals surface area contributed by atoms with E-state index in [4.69, 9.17) is 5.73 Å². The fraction of sp³-hybridized carbons (Fsp3) is 0.214. The van der Waals surface area contributed by atoms with Crippen LogP contribution in [0.25, 0.3) is 0 Å². The summed E-state index contributed by atoms with van der Waals surface area (Å²) in [5.41, 5.74) is 8.54. The van der Waals surface area contributed by atoms with Crippen LogP contribution in [0.15, 0.2) is 35.2 Å². The molecule has 0 aliphatic heterocycles. The van der Waals surface area contributed by atoms with Gasteiger partial charge in [-0.2, -0.15) is 0 Å². The van der Waals surface area contributed by atoms with E-state index in [1.807, 2.05) is 6.92 Å². The highest BCUT2D eigenvalue weighted by Crippen LogP contribution is 2.25. The molecular formula is C14H17N3O2S. The third-order valence-electron chi connectivity index (χ3n) is 2.98. The third-order valence-corrected chi connectivity index (χ3v) is 4.56. The van der Waals surface area contributed by atoms with Gasteiger partial charge in [0.25, 0.3) is 10.0 Å². The second-order valence-corrected chi connectivity index (χ2v) is 6.30. The Balaban J connectivity index is 2.46. The number of nitrogen functional groups attached to an aromatic ring is 1. The number of hydrogen-bond donors (Lipinski definition) is 2. The predicted octanol–water partition coefficient (Wildman–Crippen LogP) is 2.39. The molecule has 0 saturated heterocycles. The molecule has 0 saturated carbocycles. The number of anilines is 2. The first-order valence-electron chi connectivity index (χ1n) is 6.13. The zero-order chi connectivity index (χ0) is 14.9. The molecule has 106 valence electrons. The summed E-state index contributed by atoms with van der Waals surface area (Å²) in [6.45, 7) is 5.32. The van der Waals surface area contributed by atoms with Crippen molar-refractivity contribution >= 4 is 21.4 Å². The number of sulfonamides is 1. The first-order valence-corrected chi connectivity index (χ1v) is 7.62. The Kier molecular flexibility index (Phi) is 3.67. The van der Waals surface area contributed by atoms with Crippen molar-refractivity contribution in [1.82, 2.24) is 4.98 Å². The first kappa shape index (κ1) is 14.3. The molecule has 5 nitrogen and oxygen atoms in total. The van der Waals surface area contributed by atoms with Gasteiger partial charge in [-0.25, -0.2) is 8.42 Å². The fourth-order valence-corrected chi connectivity index (χ4v) is 3.51. The molecule has 0 aliphatic rings. The average Bonchev–Trinajstić information content (AvgIpc) is 2.32. The van der Waals surface area contributed by atoms with Crippen LogP contribution in [0.3, 0.4) is 0 Å². The van der Waals surface area contributed by atoms with E-state index < -0.39 is 10.0 Å². The van der Waals surface area contributed by atoms with Crippen molar-refractivity contribution in [3.63, 3.8) is 0 Å². The molecule has 0 atom stereocenters. The maximum atomic E-state index is 12.5. The zero-order valence-electron chi connectivity index (χ0n) is 11.6. The molecule has 1 aromatic heterocycles. The van der Waals surface area contributed by atoms with Gasteiger partial charge in [0.1, 0.15) is 4.90 Å². The maximum absolute atomic E-state index is 12.5. The number of nitrogens with one attached hydrogen (secondary N) is 1. The topological polar surface area (TPSA) is 85.1 Å². The molecular weight excluding hydrogens is 274 g/mol. The molecule has 0 fully saturated rings. The Hall–Kier alpha value is -2.08. The molecule has 3 N–H and O–H groups in total. The normalized spacial score (nSPS) is 11.3. The lowest BCUT2D eigenvalue weighted by Gasteiger charge is -2.13. The summed E-state index contributed by atoms with van der Waals surface area (Å²) in [4.78, 5) is 4.35. The Labute approximate surface area is 118 Å². The molecule has 0 bridgehead atoms. The number of nitrogens with two attached hydrogens (primary N) is 1. The van der Waals surface area contributed by atoms with E-state index in [1.165, 1.54) is 0 Å². The van der Waals surface area contributed by atoms with Crippen molar-refractivity contribution in [3.05, 3.63) is 47.3 Å². The van der Waals surface area contributed by atoms with Crippen LogP contribution < -0.4 is 10.5 Å². The number of hydrogen-bond acceptors (Lipinski definition) is 4. The van der Waals surface area contributed by atoms with Gasteiger partial charge in [-0.05, 0) is 44.5 Å². The van der Waals surface area contributed by atoms with E-state index >= 15 is 0 Å². The lowest BCUT2D eigenvalue weighted by atomic mass is 10.2. The number of benzene rings is 1. The lowest BCUT2D eigenvalue weighted by Crippen LogP contribution is -2.17. The van der Waals surface area contributed by atoms with Crippen molar-refractivity contribution in [3.8, 4) is 0 Å². The molecule has 6 heteroatoms. The Morgan fingerprint density at radius 1 is 1.10 bits per heavy atom. The van der Waals surface area contributed by atoms with Crippen LogP contribution in [-0.4, -0.2) is 13.4 Å². The van der Waals surface area contributed by atoms with Crippen LogP contribution in [0, 0.1) is 20.8 Å². The van der Waals surface area contributed by atoms with Crippen molar-refractivity contribution in [2.75, 3.05) is 10.5 Å². The SMILES string of the molecule is Cc1ccc(NS(=O)(=O)c2c(C)cccc2N)c(C)n1. The minimum atomic E-state index is -3.73.